The number of nitrogen functional groups attached to an aromatic ring is 1. The van der Waals surface area contributed by atoms with Crippen molar-refractivity contribution in [1.82, 2.24) is 9.97 Å². The van der Waals surface area contributed by atoms with Crippen molar-refractivity contribution in [3.8, 4) is 0 Å². The van der Waals surface area contributed by atoms with E-state index in [1.54, 1.807) is 0 Å². The maximum Gasteiger partial charge on any atom is 0.148 e. The van der Waals surface area contributed by atoms with Crippen LogP contribution in [0.3, 0.4) is 0 Å². The number of aryl methyl sites for hydroxylation is 1. The van der Waals surface area contributed by atoms with Crippen molar-refractivity contribution in [1.29, 1.82) is 0 Å². The van der Waals surface area contributed by atoms with Crippen molar-refractivity contribution in [2.45, 2.75) is 13.5 Å². The van der Waals surface area contributed by atoms with Gasteiger partial charge in [0.15, 0.2) is 0 Å². The smallest absolute Gasteiger partial charge is 0.148 e. The molecule has 1 aromatic carbocycles. The van der Waals surface area contributed by atoms with Crippen LogP contribution in [-0.4, -0.2) is 17.0 Å². The number of hydrogen-bond donors (Lipinski definition) is 1. The number of anilines is 2. The highest BCUT2D eigenvalue weighted by atomic mass is 79.9. The van der Waals surface area contributed by atoms with Gasteiger partial charge >= 0.3 is 0 Å². The first-order chi connectivity index (χ1) is 8.58. The van der Waals surface area contributed by atoms with Gasteiger partial charge in [-0.2, -0.15) is 0 Å². The summed E-state index contributed by atoms with van der Waals surface area (Å²) in [6.45, 7) is 2.85. The van der Waals surface area contributed by atoms with Gasteiger partial charge in [-0.05, 0) is 28.4 Å². The van der Waals surface area contributed by atoms with Crippen LogP contribution in [0.25, 0.3) is 0 Å². The number of nitrogens with two attached hydrogens (primary N) is 1. The van der Waals surface area contributed by atoms with Gasteiger partial charge in [-0.3, -0.25) is 0 Å². The molecule has 0 unspecified atom stereocenters. The zero-order chi connectivity index (χ0) is 13.1. The van der Waals surface area contributed by atoms with Gasteiger partial charge in [0.25, 0.3) is 0 Å². The average Bonchev–Trinajstić information content (AvgIpc) is 2.35. The first-order valence-corrected chi connectivity index (χ1v) is 6.40. The Morgan fingerprint density at radius 1 is 1.22 bits per heavy atom. The number of rotatable bonds is 3. The minimum absolute atomic E-state index is 0.454. The van der Waals surface area contributed by atoms with E-state index in [0.29, 0.717) is 5.82 Å². The molecule has 5 heteroatoms. The molecule has 0 fully saturated rings. The van der Waals surface area contributed by atoms with Crippen LogP contribution in [0.1, 0.15) is 11.1 Å². The molecule has 0 saturated carbocycles. The highest BCUT2D eigenvalue weighted by Gasteiger charge is 2.10. The van der Waals surface area contributed by atoms with E-state index >= 15 is 0 Å². The number of nitrogens with zero attached hydrogens (tertiary/aromatic N) is 3. The Morgan fingerprint density at radius 2 is 1.89 bits per heavy atom. The lowest BCUT2D eigenvalue weighted by Gasteiger charge is -2.19. The number of hydrogen-bond acceptors (Lipinski definition) is 4. The van der Waals surface area contributed by atoms with Crippen molar-refractivity contribution in [3.63, 3.8) is 0 Å². The fourth-order valence-electron chi connectivity index (χ4n) is 1.68. The van der Waals surface area contributed by atoms with E-state index in [4.69, 9.17) is 5.73 Å². The van der Waals surface area contributed by atoms with Crippen LogP contribution >= 0.6 is 15.9 Å². The van der Waals surface area contributed by atoms with Crippen LogP contribution in [-0.2, 0) is 6.54 Å². The molecule has 0 radical (unpaired) electrons. The van der Waals surface area contributed by atoms with E-state index in [2.05, 4.69) is 57.1 Å². The maximum absolute atomic E-state index is 5.75. The van der Waals surface area contributed by atoms with Crippen molar-refractivity contribution >= 4 is 27.6 Å². The topological polar surface area (TPSA) is 55.0 Å². The third-order valence-electron chi connectivity index (χ3n) is 2.70. The molecule has 4 nitrogen and oxygen atoms in total. The third kappa shape index (κ3) is 2.79. The highest BCUT2D eigenvalue weighted by molar-refractivity contribution is 9.10. The molecule has 0 aliphatic heterocycles. The predicted octanol–water partition coefficient (Wildman–Crippen LogP) is 2.77. The Balaban J connectivity index is 2.19. The van der Waals surface area contributed by atoms with Gasteiger partial charge in [0.05, 0.1) is 0 Å². The maximum atomic E-state index is 5.75. The van der Waals surface area contributed by atoms with Crippen molar-refractivity contribution in [2.24, 2.45) is 0 Å². The quantitative estimate of drug-likeness (QED) is 0.947. The molecule has 2 aromatic rings. The second-order valence-corrected chi connectivity index (χ2v) is 5.03. The van der Waals surface area contributed by atoms with Gasteiger partial charge in [0.1, 0.15) is 22.4 Å². The molecule has 0 saturated heterocycles. The minimum Gasteiger partial charge on any atom is -0.383 e. The van der Waals surface area contributed by atoms with Crippen molar-refractivity contribution in [3.05, 3.63) is 46.2 Å². The summed E-state index contributed by atoms with van der Waals surface area (Å²) in [4.78, 5) is 10.2. The van der Waals surface area contributed by atoms with E-state index in [0.717, 1.165) is 16.8 Å². The fraction of sp³-hybridized carbons (Fsp3) is 0.231. The summed E-state index contributed by atoms with van der Waals surface area (Å²) in [5.41, 5.74) is 8.23. The van der Waals surface area contributed by atoms with Gasteiger partial charge in [-0.1, -0.05) is 29.8 Å². The second kappa shape index (κ2) is 5.35. The third-order valence-corrected chi connectivity index (χ3v) is 3.46. The molecule has 2 rings (SSSR count). The van der Waals surface area contributed by atoms with E-state index < -0.39 is 0 Å². The van der Waals surface area contributed by atoms with Gasteiger partial charge in [-0.25, -0.2) is 9.97 Å². The molecule has 0 spiro atoms. The van der Waals surface area contributed by atoms with Gasteiger partial charge in [0, 0.05) is 13.6 Å². The van der Waals surface area contributed by atoms with Crippen molar-refractivity contribution in [2.75, 3.05) is 17.7 Å². The van der Waals surface area contributed by atoms with Crippen LogP contribution < -0.4 is 10.6 Å². The Hall–Kier alpha value is -1.62. The fourth-order valence-corrected chi connectivity index (χ4v) is 2.19. The Bertz CT molecular complexity index is 539. The molecular formula is C13H15BrN4. The minimum atomic E-state index is 0.454. The molecule has 94 valence electrons. The summed E-state index contributed by atoms with van der Waals surface area (Å²) in [6, 6.07) is 8.44. The first kappa shape index (κ1) is 12.8. The van der Waals surface area contributed by atoms with Crippen LogP contribution in [0.4, 0.5) is 11.6 Å². The Kier molecular flexibility index (Phi) is 3.81. The van der Waals surface area contributed by atoms with Gasteiger partial charge in [-0.15, -0.1) is 0 Å². The van der Waals surface area contributed by atoms with Crippen LogP contribution in [0.5, 0.6) is 0 Å². The molecule has 18 heavy (non-hydrogen) atoms. The summed E-state index contributed by atoms with van der Waals surface area (Å²) >= 11 is 3.41. The van der Waals surface area contributed by atoms with Crippen LogP contribution in [0.15, 0.2) is 35.1 Å². The molecule has 1 heterocycles. The molecule has 0 bridgehead atoms. The number of aromatic nitrogens is 2. The molecular weight excluding hydrogens is 292 g/mol. The lowest BCUT2D eigenvalue weighted by molar-refractivity contribution is 0.887. The summed E-state index contributed by atoms with van der Waals surface area (Å²) in [5, 5.41) is 0. The van der Waals surface area contributed by atoms with Gasteiger partial charge < -0.3 is 10.6 Å². The summed E-state index contributed by atoms with van der Waals surface area (Å²) < 4.78 is 0.736. The van der Waals surface area contributed by atoms with E-state index in [1.165, 1.54) is 17.5 Å². The normalized spacial score (nSPS) is 10.4. The van der Waals surface area contributed by atoms with Crippen molar-refractivity contribution < 1.29 is 0 Å². The summed E-state index contributed by atoms with van der Waals surface area (Å²) in [5.74, 6) is 1.25. The Labute approximate surface area is 115 Å². The molecule has 0 amide bonds. The summed E-state index contributed by atoms with van der Waals surface area (Å²) in [6.07, 6.45) is 1.47. The standard InChI is InChI=1S/C13H15BrN4/c1-9-3-5-10(6-4-9)7-18(2)13-11(14)12(15)16-8-17-13/h3-6,8H,7H2,1-2H3,(H2,15,16,17). The number of halogens is 1. The second-order valence-electron chi connectivity index (χ2n) is 4.24. The first-order valence-electron chi connectivity index (χ1n) is 5.60. The SMILES string of the molecule is Cc1ccc(CN(C)c2ncnc(N)c2Br)cc1. The largest absolute Gasteiger partial charge is 0.383 e. The van der Waals surface area contributed by atoms with Gasteiger partial charge in [0.2, 0.25) is 0 Å². The molecule has 0 atom stereocenters. The number of benzene rings is 1. The predicted molar refractivity (Wildman–Crippen MR) is 77.4 cm³/mol. The zero-order valence-corrected chi connectivity index (χ0v) is 12.0. The average molecular weight is 307 g/mol. The molecule has 1 aromatic heterocycles. The van der Waals surface area contributed by atoms with E-state index in [1.807, 2.05) is 11.9 Å². The molecule has 0 aliphatic carbocycles. The van der Waals surface area contributed by atoms with E-state index in [-0.39, 0.29) is 0 Å². The summed E-state index contributed by atoms with van der Waals surface area (Å²) in [7, 11) is 1.98. The molecule has 2 N–H and O–H groups in total. The highest BCUT2D eigenvalue weighted by Crippen LogP contribution is 2.27. The van der Waals surface area contributed by atoms with Crippen LogP contribution in [0, 0.1) is 6.92 Å². The van der Waals surface area contributed by atoms with Crippen LogP contribution in [0.2, 0.25) is 0 Å². The Morgan fingerprint density at radius 3 is 2.56 bits per heavy atom. The van der Waals surface area contributed by atoms with E-state index in [9.17, 15) is 0 Å². The lowest BCUT2D eigenvalue weighted by atomic mass is 10.1. The zero-order valence-electron chi connectivity index (χ0n) is 10.4. The monoisotopic (exact) mass is 306 g/mol. The molecule has 0 aliphatic rings. The lowest BCUT2D eigenvalue weighted by Crippen LogP contribution is -2.18.